The second kappa shape index (κ2) is 9.41. The smallest absolute Gasteiger partial charge is 0.166 e. The average Bonchev–Trinajstić information content (AvgIpc) is 2.59. The van der Waals surface area contributed by atoms with Gasteiger partial charge in [-0.15, -0.1) is 0 Å². The number of aromatic hydroxyl groups is 1. The highest BCUT2D eigenvalue weighted by Crippen LogP contribution is 2.29. The molecule has 0 spiro atoms. The van der Waals surface area contributed by atoms with E-state index in [9.17, 15) is 9.90 Å². The quantitative estimate of drug-likeness (QED) is 0.441. The fourth-order valence-corrected chi connectivity index (χ4v) is 2.98. The summed E-state index contributed by atoms with van der Waals surface area (Å²) in [5, 5.41) is 11.4. The van der Waals surface area contributed by atoms with Crippen molar-refractivity contribution in [2.24, 2.45) is 0 Å². The Bertz CT molecular complexity index is 679. The summed E-state index contributed by atoms with van der Waals surface area (Å²) >= 11 is 0. The van der Waals surface area contributed by atoms with E-state index in [1.165, 1.54) is 19.3 Å². The number of aromatic nitrogens is 1. The molecule has 0 fully saturated rings. The Hall–Kier alpha value is -1.90. The molecule has 0 unspecified atom stereocenters. The fourth-order valence-electron chi connectivity index (χ4n) is 2.98. The molecule has 0 aliphatic carbocycles. The molecule has 3 nitrogen and oxygen atoms in total. The van der Waals surface area contributed by atoms with Crippen LogP contribution >= 0.6 is 0 Å². The van der Waals surface area contributed by atoms with Crippen LogP contribution in [-0.2, 0) is 6.42 Å². The molecule has 1 aromatic heterocycles. The van der Waals surface area contributed by atoms with Gasteiger partial charge in [-0.3, -0.25) is 4.79 Å². The van der Waals surface area contributed by atoms with Gasteiger partial charge >= 0.3 is 0 Å². The van der Waals surface area contributed by atoms with E-state index in [2.05, 4.69) is 18.8 Å². The highest BCUT2D eigenvalue weighted by Gasteiger charge is 2.14. The Balaban J connectivity index is 2.17. The van der Waals surface area contributed by atoms with Crippen molar-refractivity contribution in [1.82, 2.24) is 4.98 Å². The van der Waals surface area contributed by atoms with Crippen LogP contribution in [0.4, 0.5) is 0 Å². The zero-order chi connectivity index (χ0) is 17.4. The van der Waals surface area contributed by atoms with Crippen LogP contribution < -0.4 is 0 Å². The van der Waals surface area contributed by atoms with Crippen LogP contribution in [0.2, 0.25) is 0 Å². The first-order chi connectivity index (χ1) is 11.7. The highest BCUT2D eigenvalue weighted by atomic mass is 16.3. The summed E-state index contributed by atoms with van der Waals surface area (Å²) in [6.45, 7) is 4.31. The average molecular weight is 327 g/mol. The summed E-state index contributed by atoms with van der Waals surface area (Å²) in [6, 6.07) is 7.63. The van der Waals surface area contributed by atoms with E-state index in [0.717, 1.165) is 43.2 Å². The van der Waals surface area contributed by atoms with Crippen molar-refractivity contribution >= 4 is 16.7 Å². The van der Waals surface area contributed by atoms with Crippen LogP contribution in [0.1, 0.15) is 81.3 Å². The number of ketones is 1. The molecule has 2 aromatic rings. The van der Waals surface area contributed by atoms with Crippen molar-refractivity contribution in [1.29, 1.82) is 0 Å². The summed E-state index contributed by atoms with van der Waals surface area (Å²) in [6.07, 6.45) is 9.19. The summed E-state index contributed by atoms with van der Waals surface area (Å²) in [5.41, 5.74) is 1.96. The largest absolute Gasteiger partial charge is 0.505 e. The first-order valence-electron chi connectivity index (χ1n) is 9.32. The van der Waals surface area contributed by atoms with Gasteiger partial charge in [-0.25, -0.2) is 4.98 Å². The Labute approximate surface area is 145 Å². The van der Waals surface area contributed by atoms with Gasteiger partial charge in [-0.2, -0.15) is 0 Å². The molecular weight excluding hydrogens is 298 g/mol. The SMILES string of the molecule is CCCCCCc1ccc2ccc(C(=O)CCCCC)c(O)c2n1. The molecule has 0 radical (unpaired) electrons. The molecule has 1 heterocycles. The standard InChI is InChI=1S/C21H29NO2/c1-3-5-7-9-10-17-14-12-16-13-15-18(21(24)20(16)22-17)19(23)11-8-6-4-2/h12-15,24H,3-11H2,1-2H3. The lowest BCUT2D eigenvalue weighted by Crippen LogP contribution is -2.01. The number of hydrogen-bond acceptors (Lipinski definition) is 3. The predicted octanol–water partition coefficient (Wildman–Crippen LogP) is 5.83. The number of Topliss-reactive ketones (excluding diaryl/α,β-unsaturated/α-hetero) is 1. The van der Waals surface area contributed by atoms with Crippen LogP contribution in [0.25, 0.3) is 10.9 Å². The van der Waals surface area contributed by atoms with Gasteiger partial charge in [-0.05, 0) is 31.4 Å². The van der Waals surface area contributed by atoms with E-state index in [1.54, 1.807) is 6.07 Å². The molecule has 0 saturated carbocycles. The fraction of sp³-hybridized carbons (Fsp3) is 0.524. The van der Waals surface area contributed by atoms with Gasteiger partial charge in [0, 0.05) is 17.5 Å². The number of nitrogens with zero attached hydrogens (tertiary/aromatic N) is 1. The number of phenolic OH excluding ortho intramolecular Hbond substituents is 1. The molecule has 0 amide bonds. The van der Waals surface area contributed by atoms with Crippen molar-refractivity contribution < 1.29 is 9.90 Å². The summed E-state index contributed by atoms with van der Waals surface area (Å²) in [4.78, 5) is 16.9. The van der Waals surface area contributed by atoms with Crippen LogP contribution in [0.15, 0.2) is 24.3 Å². The van der Waals surface area contributed by atoms with Gasteiger partial charge in [0.2, 0.25) is 0 Å². The molecule has 0 aliphatic rings. The number of carbonyl (C=O) groups excluding carboxylic acids is 1. The number of hydrogen-bond donors (Lipinski definition) is 1. The second-order valence-corrected chi connectivity index (χ2v) is 6.53. The number of unbranched alkanes of at least 4 members (excludes halogenated alkanes) is 5. The number of carbonyl (C=O) groups is 1. The maximum atomic E-state index is 12.3. The van der Waals surface area contributed by atoms with E-state index < -0.39 is 0 Å². The topological polar surface area (TPSA) is 50.2 Å². The van der Waals surface area contributed by atoms with E-state index >= 15 is 0 Å². The van der Waals surface area contributed by atoms with Gasteiger partial charge in [0.05, 0.1) is 5.56 Å². The normalized spacial score (nSPS) is 11.1. The monoisotopic (exact) mass is 327 g/mol. The van der Waals surface area contributed by atoms with Crippen LogP contribution in [0.5, 0.6) is 5.75 Å². The number of aryl methyl sites for hydroxylation is 1. The third-order valence-electron chi connectivity index (χ3n) is 4.49. The van der Waals surface area contributed by atoms with Crippen molar-refractivity contribution in [2.45, 2.75) is 71.6 Å². The van der Waals surface area contributed by atoms with Gasteiger partial charge in [0.1, 0.15) is 5.52 Å². The second-order valence-electron chi connectivity index (χ2n) is 6.53. The number of benzene rings is 1. The maximum Gasteiger partial charge on any atom is 0.166 e. The van der Waals surface area contributed by atoms with Crippen molar-refractivity contribution in [2.75, 3.05) is 0 Å². The zero-order valence-electron chi connectivity index (χ0n) is 15.0. The molecular formula is C21H29NO2. The van der Waals surface area contributed by atoms with E-state index in [0.29, 0.717) is 17.5 Å². The molecule has 0 aliphatic heterocycles. The van der Waals surface area contributed by atoms with Crippen molar-refractivity contribution in [3.8, 4) is 5.75 Å². The first kappa shape index (κ1) is 18.4. The van der Waals surface area contributed by atoms with Gasteiger partial charge in [0.15, 0.2) is 11.5 Å². The van der Waals surface area contributed by atoms with Crippen molar-refractivity contribution in [3.05, 3.63) is 35.5 Å². The Morgan fingerprint density at radius 1 is 0.958 bits per heavy atom. The Morgan fingerprint density at radius 2 is 1.67 bits per heavy atom. The molecule has 2 rings (SSSR count). The molecule has 1 N–H and O–H groups in total. The molecule has 1 aromatic carbocycles. The summed E-state index contributed by atoms with van der Waals surface area (Å²) in [5.74, 6) is 0.0578. The van der Waals surface area contributed by atoms with Crippen LogP contribution in [0, 0.1) is 0 Å². The Morgan fingerprint density at radius 3 is 2.42 bits per heavy atom. The van der Waals surface area contributed by atoms with Gasteiger partial charge in [-0.1, -0.05) is 58.1 Å². The van der Waals surface area contributed by atoms with E-state index in [1.807, 2.05) is 18.2 Å². The molecule has 0 atom stereocenters. The summed E-state index contributed by atoms with van der Waals surface area (Å²) in [7, 11) is 0. The lowest BCUT2D eigenvalue weighted by molar-refractivity contribution is 0.0977. The number of rotatable bonds is 10. The lowest BCUT2D eigenvalue weighted by atomic mass is 10.0. The molecule has 130 valence electrons. The zero-order valence-corrected chi connectivity index (χ0v) is 15.0. The van der Waals surface area contributed by atoms with Gasteiger partial charge in [0.25, 0.3) is 0 Å². The first-order valence-corrected chi connectivity index (χ1v) is 9.32. The minimum Gasteiger partial charge on any atom is -0.505 e. The molecule has 0 bridgehead atoms. The number of pyridine rings is 1. The lowest BCUT2D eigenvalue weighted by Gasteiger charge is -2.08. The Kier molecular flexibility index (Phi) is 7.23. The molecule has 0 saturated heterocycles. The highest BCUT2D eigenvalue weighted by molar-refractivity contribution is 6.03. The summed E-state index contributed by atoms with van der Waals surface area (Å²) < 4.78 is 0. The van der Waals surface area contributed by atoms with E-state index in [-0.39, 0.29) is 11.5 Å². The number of fused-ring (bicyclic) bond motifs is 1. The minimum absolute atomic E-state index is 0.0120. The minimum atomic E-state index is 0.0120. The molecule has 3 heteroatoms. The third kappa shape index (κ3) is 4.80. The maximum absolute atomic E-state index is 12.3. The van der Waals surface area contributed by atoms with E-state index in [4.69, 9.17) is 0 Å². The third-order valence-corrected chi connectivity index (χ3v) is 4.49. The van der Waals surface area contributed by atoms with Crippen molar-refractivity contribution in [3.63, 3.8) is 0 Å². The van der Waals surface area contributed by atoms with Crippen LogP contribution in [-0.4, -0.2) is 15.9 Å². The predicted molar refractivity (Wildman–Crippen MR) is 99.7 cm³/mol. The van der Waals surface area contributed by atoms with Gasteiger partial charge < -0.3 is 5.11 Å². The van der Waals surface area contributed by atoms with Crippen LogP contribution in [0.3, 0.4) is 0 Å². The number of phenols is 1. The molecule has 24 heavy (non-hydrogen) atoms.